The maximum absolute atomic E-state index is 12.5. The van der Waals surface area contributed by atoms with Crippen molar-refractivity contribution in [3.63, 3.8) is 0 Å². The lowest BCUT2D eigenvalue weighted by Gasteiger charge is -2.28. The maximum atomic E-state index is 12.5. The maximum Gasteiger partial charge on any atom is 0.272 e. The number of benzene rings is 2. The fourth-order valence-corrected chi connectivity index (χ4v) is 3.13. The molecule has 1 aromatic heterocycles. The molecule has 134 valence electrons. The first kappa shape index (κ1) is 16.5. The number of anilines is 2. The second kappa shape index (κ2) is 7.09. The van der Waals surface area contributed by atoms with E-state index in [1.807, 2.05) is 48.5 Å². The average molecular weight is 351 g/mol. The molecule has 1 saturated heterocycles. The van der Waals surface area contributed by atoms with Crippen molar-refractivity contribution in [2.75, 3.05) is 43.6 Å². The second-order valence-electron chi connectivity index (χ2n) is 6.24. The summed E-state index contributed by atoms with van der Waals surface area (Å²) in [5, 5.41) is 3.90. The number of morpholine rings is 1. The number of methoxy groups -OCH3 is 1. The van der Waals surface area contributed by atoms with Gasteiger partial charge in [-0.1, -0.05) is 0 Å². The van der Waals surface area contributed by atoms with E-state index in [0.717, 1.165) is 54.3 Å². The molecule has 3 aromatic rings. The minimum atomic E-state index is -0.167. The van der Waals surface area contributed by atoms with Crippen molar-refractivity contribution in [2.24, 2.45) is 0 Å². The normalized spacial score (nSPS) is 14.4. The van der Waals surface area contributed by atoms with E-state index in [0.29, 0.717) is 5.69 Å². The highest BCUT2D eigenvalue weighted by atomic mass is 16.5. The highest BCUT2D eigenvalue weighted by Crippen LogP contribution is 2.23. The van der Waals surface area contributed by atoms with E-state index in [1.165, 1.54) is 0 Å². The molecule has 1 fully saturated rings. The van der Waals surface area contributed by atoms with Crippen LogP contribution in [0.4, 0.5) is 11.4 Å². The van der Waals surface area contributed by atoms with Gasteiger partial charge in [0, 0.05) is 41.4 Å². The number of ether oxygens (including phenoxy) is 2. The van der Waals surface area contributed by atoms with Gasteiger partial charge >= 0.3 is 0 Å². The topological polar surface area (TPSA) is 66.6 Å². The zero-order valence-electron chi connectivity index (χ0n) is 14.6. The van der Waals surface area contributed by atoms with E-state index in [9.17, 15) is 4.79 Å². The molecule has 6 nitrogen and oxygen atoms in total. The van der Waals surface area contributed by atoms with Crippen LogP contribution < -0.4 is 15.0 Å². The predicted octanol–water partition coefficient (Wildman–Crippen LogP) is 3.27. The van der Waals surface area contributed by atoms with Gasteiger partial charge in [-0.15, -0.1) is 0 Å². The number of aromatic nitrogens is 1. The Kier molecular flexibility index (Phi) is 4.50. The summed E-state index contributed by atoms with van der Waals surface area (Å²) in [7, 11) is 1.62. The number of hydrogen-bond acceptors (Lipinski definition) is 4. The van der Waals surface area contributed by atoms with Crippen LogP contribution in [0, 0.1) is 0 Å². The van der Waals surface area contributed by atoms with Crippen molar-refractivity contribution < 1.29 is 14.3 Å². The number of aromatic amines is 1. The molecular weight excluding hydrogens is 330 g/mol. The molecule has 0 saturated carbocycles. The Bertz CT molecular complexity index is 912. The summed E-state index contributed by atoms with van der Waals surface area (Å²) in [6.07, 6.45) is 0. The Morgan fingerprint density at radius 3 is 2.62 bits per heavy atom. The monoisotopic (exact) mass is 351 g/mol. The van der Waals surface area contributed by atoms with Crippen molar-refractivity contribution in [1.82, 2.24) is 4.98 Å². The molecule has 0 unspecified atom stereocenters. The summed E-state index contributed by atoms with van der Waals surface area (Å²) in [6.45, 7) is 3.29. The third-order valence-electron chi connectivity index (χ3n) is 4.58. The van der Waals surface area contributed by atoms with Gasteiger partial charge in [-0.05, 0) is 42.5 Å². The van der Waals surface area contributed by atoms with Gasteiger partial charge < -0.3 is 24.7 Å². The lowest BCUT2D eigenvalue weighted by molar-refractivity contribution is 0.102. The van der Waals surface area contributed by atoms with Gasteiger partial charge in [-0.2, -0.15) is 0 Å². The molecule has 1 aliphatic rings. The first-order valence-corrected chi connectivity index (χ1v) is 8.64. The second-order valence-corrected chi connectivity index (χ2v) is 6.24. The van der Waals surface area contributed by atoms with Crippen LogP contribution >= 0.6 is 0 Å². The number of rotatable bonds is 4. The van der Waals surface area contributed by atoms with E-state index in [-0.39, 0.29) is 5.91 Å². The van der Waals surface area contributed by atoms with Gasteiger partial charge in [0.25, 0.3) is 5.91 Å². The summed E-state index contributed by atoms with van der Waals surface area (Å²) in [6, 6.07) is 15.4. The van der Waals surface area contributed by atoms with Crippen LogP contribution in [0.5, 0.6) is 5.75 Å². The van der Waals surface area contributed by atoms with E-state index in [1.54, 1.807) is 7.11 Å². The zero-order chi connectivity index (χ0) is 17.9. The predicted molar refractivity (Wildman–Crippen MR) is 102 cm³/mol. The number of nitrogens with zero attached hydrogens (tertiary/aromatic N) is 1. The van der Waals surface area contributed by atoms with Crippen LogP contribution in [0.1, 0.15) is 10.5 Å². The first-order valence-electron chi connectivity index (χ1n) is 8.64. The Labute approximate surface area is 151 Å². The minimum Gasteiger partial charge on any atom is -0.497 e. The van der Waals surface area contributed by atoms with E-state index < -0.39 is 0 Å². The van der Waals surface area contributed by atoms with Crippen molar-refractivity contribution in [1.29, 1.82) is 0 Å². The van der Waals surface area contributed by atoms with Crippen LogP contribution in [0.15, 0.2) is 48.5 Å². The highest BCUT2D eigenvalue weighted by molar-refractivity contribution is 6.06. The van der Waals surface area contributed by atoms with Gasteiger partial charge in [0.2, 0.25) is 0 Å². The number of hydrogen-bond donors (Lipinski definition) is 2. The highest BCUT2D eigenvalue weighted by Gasteiger charge is 2.13. The lowest BCUT2D eigenvalue weighted by Crippen LogP contribution is -2.36. The third kappa shape index (κ3) is 3.36. The van der Waals surface area contributed by atoms with Crippen LogP contribution in [0.25, 0.3) is 10.9 Å². The number of fused-ring (bicyclic) bond motifs is 1. The quantitative estimate of drug-likeness (QED) is 0.757. The molecule has 2 aromatic carbocycles. The van der Waals surface area contributed by atoms with Crippen molar-refractivity contribution in [2.45, 2.75) is 0 Å². The van der Waals surface area contributed by atoms with Gasteiger partial charge in [-0.3, -0.25) is 4.79 Å². The number of carbonyl (C=O) groups excluding carboxylic acids is 1. The summed E-state index contributed by atoms with van der Waals surface area (Å²) in [4.78, 5) is 17.9. The van der Waals surface area contributed by atoms with Gasteiger partial charge in [0.05, 0.1) is 20.3 Å². The molecule has 1 amide bonds. The van der Waals surface area contributed by atoms with Crippen LogP contribution in [0.3, 0.4) is 0 Å². The molecule has 0 spiro atoms. The van der Waals surface area contributed by atoms with E-state index in [2.05, 4.69) is 15.2 Å². The first-order chi connectivity index (χ1) is 12.7. The molecule has 0 atom stereocenters. The molecule has 26 heavy (non-hydrogen) atoms. The Morgan fingerprint density at radius 1 is 1.12 bits per heavy atom. The number of H-pyrrole nitrogens is 1. The lowest BCUT2D eigenvalue weighted by atomic mass is 10.2. The molecule has 1 aliphatic heterocycles. The number of amides is 1. The van der Waals surface area contributed by atoms with Gasteiger partial charge in [-0.25, -0.2) is 0 Å². The SMILES string of the molecule is COc1ccc2cc(C(=O)Nc3ccc(N4CCOCC4)cc3)[nH]c2c1. The van der Waals surface area contributed by atoms with Crippen molar-refractivity contribution in [3.05, 3.63) is 54.2 Å². The van der Waals surface area contributed by atoms with Crippen molar-refractivity contribution >= 4 is 28.2 Å². The largest absolute Gasteiger partial charge is 0.497 e. The third-order valence-corrected chi connectivity index (χ3v) is 4.58. The number of carbonyl (C=O) groups is 1. The van der Waals surface area contributed by atoms with Crippen LogP contribution in [0.2, 0.25) is 0 Å². The Morgan fingerprint density at radius 2 is 1.88 bits per heavy atom. The molecule has 2 N–H and O–H groups in total. The van der Waals surface area contributed by atoms with E-state index in [4.69, 9.17) is 9.47 Å². The molecule has 2 heterocycles. The molecule has 0 aliphatic carbocycles. The fourth-order valence-electron chi connectivity index (χ4n) is 3.13. The molecule has 6 heteroatoms. The van der Waals surface area contributed by atoms with Crippen molar-refractivity contribution in [3.8, 4) is 5.75 Å². The van der Waals surface area contributed by atoms with Crippen LogP contribution in [-0.2, 0) is 4.74 Å². The Hall–Kier alpha value is -2.99. The zero-order valence-corrected chi connectivity index (χ0v) is 14.6. The standard InChI is InChI=1S/C20H21N3O3/c1-25-17-7-2-14-12-19(22-18(14)13-17)20(24)21-15-3-5-16(6-4-15)23-8-10-26-11-9-23/h2-7,12-13,22H,8-11H2,1H3,(H,21,24). The minimum absolute atomic E-state index is 0.167. The Balaban J connectivity index is 1.47. The fraction of sp³-hybridized carbons (Fsp3) is 0.250. The summed E-state index contributed by atoms with van der Waals surface area (Å²) < 4.78 is 10.6. The summed E-state index contributed by atoms with van der Waals surface area (Å²) >= 11 is 0. The average Bonchev–Trinajstić information content (AvgIpc) is 3.12. The van der Waals surface area contributed by atoms with Gasteiger partial charge in [0.15, 0.2) is 0 Å². The number of nitrogens with one attached hydrogen (secondary N) is 2. The van der Waals surface area contributed by atoms with Gasteiger partial charge in [0.1, 0.15) is 11.4 Å². The molecule has 0 radical (unpaired) electrons. The van der Waals surface area contributed by atoms with E-state index >= 15 is 0 Å². The van der Waals surface area contributed by atoms with Crippen LogP contribution in [-0.4, -0.2) is 44.3 Å². The molecule has 0 bridgehead atoms. The molecular formula is C20H21N3O3. The summed E-state index contributed by atoms with van der Waals surface area (Å²) in [5.41, 5.74) is 3.30. The summed E-state index contributed by atoms with van der Waals surface area (Å²) in [5.74, 6) is 0.587. The molecule has 4 rings (SSSR count). The smallest absolute Gasteiger partial charge is 0.272 e.